The molecule has 2 unspecified atom stereocenters. The van der Waals surface area contributed by atoms with E-state index in [1.807, 2.05) is 0 Å². The summed E-state index contributed by atoms with van der Waals surface area (Å²) in [7, 11) is 0. The Morgan fingerprint density at radius 3 is 2.70 bits per heavy atom. The molecule has 7 nitrogen and oxygen atoms in total. The molecule has 2 aromatic rings. The molecule has 0 bridgehead atoms. The van der Waals surface area contributed by atoms with Gasteiger partial charge in [-0.2, -0.15) is 0 Å². The fraction of sp³-hybridized carbons (Fsp3) is 0.421. The highest BCUT2D eigenvalue weighted by molar-refractivity contribution is 7.11. The average Bonchev–Trinajstić information content (AvgIpc) is 3.09. The Balaban J connectivity index is 0.00000320. The van der Waals surface area contributed by atoms with Crippen LogP contribution in [0.4, 0.5) is 14.5 Å². The third-order valence-corrected chi connectivity index (χ3v) is 5.97. The van der Waals surface area contributed by atoms with Gasteiger partial charge in [0.1, 0.15) is 16.6 Å². The maximum atomic E-state index is 13.8. The monoisotopic (exact) mass is 460 g/mol. The van der Waals surface area contributed by atoms with E-state index in [2.05, 4.69) is 20.9 Å². The number of nitrogens with zero attached hydrogens (tertiary/aromatic N) is 1. The van der Waals surface area contributed by atoms with Gasteiger partial charge in [0, 0.05) is 12.1 Å². The molecule has 0 spiro atoms. The number of aryl methyl sites for hydroxylation is 1. The van der Waals surface area contributed by atoms with Crippen molar-refractivity contribution in [2.75, 3.05) is 11.9 Å². The normalized spacial score (nSPS) is 17.0. The van der Waals surface area contributed by atoms with Crippen molar-refractivity contribution in [3.8, 4) is 0 Å². The zero-order valence-electron chi connectivity index (χ0n) is 16.2. The molecule has 2 heterocycles. The standard InChI is InChI=1S/C19H22F2N4O3S.ClH/c1-10-15(9-26)29-19(23-10)16(14-4-2-3-7-22-14)25-18(28)17(27)24-13-6-5-11(20)8-12(13)21;/h5-6,8,14,16,22,26H,2-4,7,9H2,1H3,(H,24,27)(H,25,28);1H. The van der Waals surface area contributed by atoms with Crippen LogP contribution >= 0.6 is 23.7 Å². The van der Waals surface area contributed by atoms with Crippen molar-refractivity contribution in [1.82, 2.24) is 15.6 Å². The highest BCUT2D eigenvalue weighted by atomic mass is 35.5. The van der Waals surface area contributed by atoms with Gasteiger partial charge in [0.25, 0.3) is 0 Å². The summed E-state index contributed by atoms with van der Waals surface area (Å²) in [5, 5.41) is 18.2. The lowest BCUT2D eigenvalue weighted by Gasteiger charge is -2.30. The molecule has 30 heavy (non-hydrogen) atoms. The molecule has 1 aromatic heterocycles. The summed E-state index contributed by atoms with van der Waals surface area (Å²) in [6.07, 6.45) is 2.76. The number of rotatable bonds is 5. The van der Waals surface area contributed by atoms with Gasteiger partial charge in [0.05, 0.1) is 28.9 Å². The lowest BCUT2D eigenvalue weighted by Crippen LogP contribution is -2.48. The van der Waals surface area contributed by atoms with Crippen molar-refractivity contribution >= 4 is 41.2 Å². The molecule has 3 rings (SSSR count). The van der Waals surface area contributed by atoms with Crippen molar-refractivity contribution in [2.45, 2.75) is 44.9 Å². The largest absolute Gasteiger partial charge is 0.391 e. The molecule has 2 amide bonds. The number of hydrogen-bond donors (Lipinski definition) is 4. The molecule has 2 atom stereocenters. The van der Waals surface area contributed by atoms with E-state index in [9.17, 15) is 23.5 Å². The second-order valence-electron chi connectivity index (χ2n) is 6.80. The van der Waals surface area contributed by atoms with Gasteiger partial charge < -0.3 is 21.1 Å². The van der Waals surface area contributed by atoms with Gasteiger partial charge in [-0.3, -0.25) is 9.59 Å². The Morgan fingerprint density at radius 1 is 1.33 bits per heavy atom. The Hall–Kier alpha value is -2.14. The zero-order valence-corrected chi connectivity index (χ0v) is 17.8. The molecule has 1 aliphatic rings. The van der Waals surface area contributed by atoms with Crippen LogP contribution in [0.5, 0.6) is 0 Å². The number of hydrogen-bond acceptors (Lipinski definition) is 6. The topological polar surface area (TPSA) is 103 Å². The maximum absolute atomic E-state index is 13.8. The van der Waals surface area contributed by atoms with Crippen LogP contribution < -0.4 is 16.0 Å². The Morgan fingerprint density at radius 2 is 2.10 bits per heavy atom. The minimum atomic E-state index is -1.06. The lowest BCUT2D eigenvalue weighted by molar-refractivity contribution is -0.136. The number of piperidine rings is 1. The number of amides is 2. The van der Waals surface area contributed by atoms with Crippen molar-refractivity contribution < 1.29 is 23.5 Å². The van der Waals surface area contributed by atoms with Crippen LogP contribution in [-0.2, 0) is 16.2 Å². The van der Waals surface area contributed by atoms with Crippen molar-refractivity contribution in [1.29, 1.82) is 0 Å². The molecule has 4 N–H and O–H groups in total. The highest BCUT2D eigenvalue weighted by Gasteiger charge is 2.31. The van der Waals surface area contributed by atoms with E-state index < -0.39 is 29.5 Å². The quantitative estimate of drug-likeness (QED) is 0.513. The third kappa shape index (κ3) is 5.72. The fourth-order valence-electron chi connectivity index (χ4n) is 3.20. The van der Waals surface area contributed by atoms with Gasteiger partial charge in [-0.25, -0.2) is 13.8 Å². The number of aliphatic hydroxyl groups is 1. The average molecular weight is 461 g/mol. The van der Waals surface area contributed by atoms with E-state index in [0.717, 1.165) is 37.9 Å². The number of aromatic nitrogens is 1. The Kier molecular flexibility index (Phi) is 8.65. The molecule has 0 aliphatic carbocycles. The summed E-state index contributed by atoms with van der Waals surface area (Å²) < 4.78 is 26.8. The van der Waals surface area contributed by atoms with Crippen LogP contribution in [0.25, 0.3) is 0 Å². The minimum absolute atomic E-state index is 0. The van der Waals surface area contributed by atoms with E-state index in [4.69, 9.17) is 0 Å². The summed E-state index contributed by atoms with van der Waals surface area (Å²) in [5.74, 6) is -3.77. The first-order chi connectivity index (χ1) is 13.9. The first-order valence-electron chi connectivity index (χ1n) is 9.26. The number of benzene rings is 1. The molecule has 1 saturated heterocycles. The summed E-state index contributed by atoms with van der Waals surface area (Å²) in [4.78, 5) is 29.9. The number of anilines is 1. The van der Waals surface area contributed by atoms with E-state index in [1.165, 1.54) is 11.3 Å². The van der Waals surface area contributed by atoms with Crippen molar-refractivity contribution in [2.24, 2.45) is 0 Å². The van der Waals surface area contributed by atoms with Gasteiger partial charge in [0.2, 0.25) is 0 Å². The molecule has 1 aliphatic heterocycles. The number of aliphatic hydroxyl groups excluding tert-OH is 1. The summed E-state index contributed by atoms with van der Waals surface area (Å²) in [6.45, 7) is 2.39. The van der Waals surface area contributed by atoms with E-state index >= 15 is 0 Å². The van der Waals surface area contributed by atoms with Gasteiger partial charge in [-0.15, -0.1) is 23.7 Å². The maximum Gasteiger partial charge on any atom is 0.313 e. The minimum Gasteiger partial charge on any atom is -0.391 e. The van der Waals surface area contributed by atoms with Crippen molar-refractivity contribution in [3.63, 3.8) is 0 Å². The molecule has 11 heteroatoms. The SMILES string of the molecule is Cc1nc(C(NC(=O)C(=O)Nc2ccc(F)cc2F)C2CCCCN2)sc1CO.Cl. The van der Waals surface area contributed by atoms with Crippen LogP contribution in [-0.4, -0.2) is 34.5 Å². The zero-order chi connectivity index (χ0) is 21.0. The van der Waals surface area contributed by atoms with E-state index in [0.29, 0.717) is 21.6 Å². The van der Waals surface area contributed by atoms with Crippen LogP contribution in [0.3, 0.4) is 0 Å². The molecule has 1 fully saturated rings. The second kappa shape index (κ2) is 10.8. The van der Waals surface area contributed by atoms with Gasteiger partial charge in [-0.05, 0) is 38.4 Å². The van der Waals surface area contributed by atoms with Crippen LogP contribution in [0.1, 0.15) is 40.9 Å². The van der Waals surface area contributed by atoms with E-state index in [-0.39, 0.29) is 30.7 Å². The molecule has 1 aromatic carbocycles. The molecule has 0 radical (unpaired) electrons. The molecule has 0 saturated carbocycles. The summed E-state index contributed by atoms with van der Waals surface area (Å²) in [5.41, 5.74) is 0.381. The van der Waals surface area contributed by atoms with E-state index in [1.54, 1.807) is 6.92 Å². The molecule has 164 valence electrons. The number of carbonyl (C=O) groups is 2. The van der Waals surface area contributed by atoms with Crippen LogP contribution in [0.15, 0.2) is 18.2 Å². The number of carbonyl (C=O) groups excluding carboxylic acids is 2. The van der Waals surface area contributed by atoms with Crippen LogP contribution in [0, 0.1) is 18.6 Å². The smallest absolute Gasteiger partial charge is 0.313 e. The summed E-state index contributed by atoms with van der Waals surface area (Å²) in [6, 6.07) is 1.96. The fourth-order valence-corrected chi connectivity index (χ4v) is 4.25. The number of thiazole rings is 1. The first kappa shape index (κ1) is 24.1. The predicted octanol–water partition coefficient (Wildman–Crippen LogP) is 2.58. The van der Waals surface area contributed by atoms with Crippen LogP contribution in [0.2, 0.25) is 0 Å². The molecular formula is C19H23ClF2N4O3S. The summed E-state index contributed by atoms with van der Waals surface area (Å²) >= 11 is 1.27. The Bertz CT molecular complexity index is 906. The number of nitrogens with one attached hydrogen (secondary N) is 3. The lowest BCUT2D eigenvalue weighted by atomic mass is 9.98. The second-order valence-corrected chi connectivity index (χ2v) is 7.92. The Labute approximate surface area is 182 Å². The van der Waals surface area contributed by atoms with Gasteiger partial charge in [0.15, 0.2) is 0 Å². The predicted molar refractivity (Wildman–Crippen MR) is 112 cm³/mol. The first-order valence-corrected chi connectivity index (χ1v) is 10.1. The number of halogens is 3. The van der Waals surface area contributed by atoms with Gasteiger partial charge in [-0.1, -0.05) is 6.42 Å². The van der Waals surface area contributed by atoms with Gasteiger partial charge >= 0.3 is 11.8 Å². The highest BCUT2D eigenvalue weighted by Crippen LogP contribution is 2.29. The van der Waals surface area contributed by atoms with Crippen molar-refractivity contribution in [3.05, 3.63) is 45.4 Å². The molecular weight excluding hydrogens is 438 g/mol. The third-order valence-electron chi connectivity index (χ3n) is 4.74.